The number of benzene rings is 2. The number of aromatic amines is 1. The number of amides is 1. The van der Waals surface area contributed by atoms with Gasteiger partial charge in [-0.2, -0.15) is 0 Å². The van der Waals surface area contributed by atoms with E-state index in [0.717, 1.165) is 17.2 Å². The highest BCUT2D eigenvalue weighted by molar-refractivity contribution is 7.91. The zero-order chi connectivity index (χ0) is 21.9. The molecule has 3 N–H and O–H groups in total. The number of rotatable bonds is 8. The van der Waals surface area contributed by atoms with Crippen LogP contribution in [0, 0.1) is 0 Å². The lowest BCUT2D eigenvalue weighted by molar-refractivity contribution is -0.125. The number of hydrogen-bond donors (Lipinski definition) is 3. The molecule has 2 atom stereocenters. The molecular formula is C21H21ClN2O5S. The lowest BCUT2D eigenvalue weighted by Gasteiger charge is -2.23. The highest BCUT2D eigenvalue weighted by Crippen LogP contribution is 2.20. The van der Waals surface area contributed by atoms with Gasteiger partial charge < -0.3 is 15.4 Å². The van der Waals surface area contributed by atoms with Crippen LogP contribution in [0.1, 0.15) is 16.1 Å². The summed E-state index contributed by atoms with van der Waals surface area (Å²) in [6.07, 6.45) is -0.615. The molecule has 0 aliphatic rings. The zero-order valence-electron chi connectivity index (χ0n) is 16.1. The van der Waals surface area contributed by atoms with Crippen LogP contribution in [-0.4, -0.2) is 54.4 Å². The summed E-state index contributed by atoms with van der Waals surface area (Å²) in [5, 5.41) is 14.4. The van der Waals surface area contributed by atoms with Crippen LogP contribution in [0.2, 0.25) is 5.02 Å². The molecule has 0 fully saturated rings. The third-order valence-electron chi connectivity index (χ3n) is 4.56. The highest BCUT2D eigenvalue weighted by Gasteiger charge is 2.30. The second-order valence-corrected chi connectivity index (χ2v) is 9.74. The number of hydrogen-bond acceptors (Lipinski definition) is 5. The molecule has 3 aromatic rings. The Morgan fingerprint density at radius 3 is 2.50 bits per heavy atom. The lowest BCUT2D eigenvalue weighted by atomic mass is 9.99. The Labute approximate surface area is 179 Å². The third-order valence-corrected chi connectivity index (χ3v) is 5.60. The predicted molar refractivity (Wildman–Crippen MR) is 115 cm³/mol. The van der Waals surface area contributed by atoms with Gasteiger partial charge in [0.25, 0.3) is 5.91 Å². The summed E-state index contributed by atoms with van der Waals surface area (Å²) < 4.78 is 22.9. The van der Waals surface area contributed by atoms with Gasteiger partial charge in [-0.25, -0.2) is 8.42 Å². The molecule has 9 heteroatoms. The molecule has 0 radical (unpaired) electrons. The fraction of sp³-hybridized carbons (Fsp3) is 0.238. The maximum Gasteiger partial charge on any atom is 0.268 e. The monoisotopic (exact) mass is 448 g/mol. The first-order valence-corrected chi connectivity index (χ1v) is 11.6. The van der Waals surface area contributed by atoms with Gasteiger partial charge in [0.15, 0.2) is 15.6 Å². The number of aromatic nitrogens is 1. The van der Waals surface area contributed by atoms with Crippen LogP contribution in [0.5, 0.6) is 0 Å². The van der Waals surface area contributed by atoms with Crippen molar-refractivity contribution in [2.24, 2.45) is 0 Å². The van der Waals surface area contributed by atoms with Crippen molar-refractivity contribution in [2.45, 2.75) is 18.6 Å². The third kappa shape index (κ3) is 5.69. The van der Waals surface area contributed by atoms with Crippen LogP contribution in [-0.2, 0) is 21.1 Å². The Morgan fingerprint density at radius 1 is 1.13 bits per heavy atom. The number of H-pyrrole nitrogens is 1. The molecular weight excluding hydrogens is 428 g/mol. The van der Waals surface area contributed by atoms with E-state index in [0.29, 0.717) is 10.5 Å². The number of sulfone groups is 1. The molecule has 7 nitrogen and oxygen atoms in total. The van der Waals surface area contributed by atoms with Crippen molar-refractivity contribution >= 4 is 44.0 Å². The molecule has 2 unspecified atom stereocenters. The van der Waals surface area contributed by atoms with Crippen molar-refractivity contribution in [2.75, 3.05) is 12.0 Å². The van der Waals surface area contributed by atoms with Crippen molar-refractivity contribution in [1.82, 2.24) is 10.3 Å². The van der Waals surface area contributed by atoms with Gasteiger partial charge in [0, 0.05) is 22.2 Å². The number of aliphatic hydroxyl groups excluding tert-OH is 1. The van der Waals surface area contributed by atoms with Gasteiger partial charge in [-0.3, -0.25) is 9.59 Å². The van der Waals surface area contributed by atoms with Crippen molar-refractivity contribution in [1.29, 1.82) is 0 Å². The lowest BCUT2D eigenvalue weighted by Crippen LogP contribution is -2.49. The van der Waals surface area contributed by atoms with E-state index in [2.05, 4.69) is 10.3 Å². The van der Waals surface area contributed by atoms with E-state index in [1.807, 2.05) is 6.07 Å². The fourth-order valence-electron chi connectivity index (χ4n) is 3.15. The zero-order valence-corrected chi connectivity index (χ0v) is 17.7. The number of nitrogens with one attached hydrogen (secondary N) is 2. The highest BCUT2D eigenvalue weighted by atomic mass is 35.5. The van der Waals surface area contributed by atoms with Gasteiger partial charge in [-0.15, -0.1) is 0 Å². The van der Waals surface area contributed by atoms with Gasteiger partial charge in [0.2, 0.25) is 0 Å². The summed E-state index contributed by atoms with van der Waals surface area (Å²) >= 11 is 5.98. The number of fused-ring (bicyclic) bond motifs is 1. The number of Topliss-reactive ketones (excluding diaryl/α,β-unsaturated/α-hetero) is 1. The molecule has 0 spiro atoms. The minimum Gasteiger partial charge on any atom is -0.383 e. The summed E-state index contributed by atoms with van der Waals surface area (Å²) in [5.41, 5.74) is 1.71. The summed E-state index contributed by atoms with van der Waals surface area (Å²) in [5.74, 6) is -2.21. The SMILES string of the molecule is CS(=O)(=O)CC(=O)C(O)C(Cc1ccccc1)NC(=O)c1cc2cc(Cl)ccc2[nH]1. The smallest absolute Gasteiger partial charge is 0.268 e. The summed E-state index contributed by atoms with van der Waals surface area (Å²) in [4.78, 5) is 28.0. The molecule has 0 aliphatic heterocycles. The minimum absolute atomic E-state index is 0.148. The van der Waals surface area contributed by atoms with Gasteiger partial charge in [-0.1, -0.05) is 41.9 Å². The molecule has 1 aromatic heterocycles. The van der Waals surface area contributed by atoms with E-state index >= 15 is 0 Å². The largest absolute Gasteiger partial charge is 0.383 e. The van der Waals surface area contributed by atoms with E-state index in [4.69, 9.17) is 11.6 Å². The topological polar surface area (TPSA) is 116 Å². The van der Waals surface area contributed by atoms with Crippen LogP contribution in [0.4, 0.5) is 0 Å². The Hall–Kier alpha value is -2.68. The maximum absolute atomic E-state index is 12.8. The van der Waals surface area contributed by atoms with Gasteiger partial charge in [0.1, 0.15) is 17.6 Å². The van der Waals surface area contributed by atoms with Crippen molar-refractivity contribution in [3.63, 3.8) is 0 Å². The first-order valence-electron chi connectivity index (χ1n) is 9.14. The maximum atomic E-state index is 12.8. The Morgan fingerprint density at radius 2 is 1.83 bits per heavy atom. The van der Waals surface area contributed by atoms with Crippen LogP contribution in [0.15, 0.2) is 54.6 Å². The van der Waals surface area contributed by atoms with Crippen molar-refractivity contribution in [3.8, 4) is 0 Å². The van der Waals surface area contributed by atoms with Crippen molar-refractivity contribution in [3.05, 3.63) is 70.9 Å². The van der Waals surface area contributed by atoms with Crippen LogP contribution >= 0.6 is 11.6 Å². The number of carbonyl (C=O) groups excluding carboxylic acids is 2. The van der Waals surface area contributed by atoms with E-state index in [1.165, 1.54) is 0 Å². The predicted octanol–water partition coefficient (Wildman–Crippen LogP) is 2.14. The molecule has 1 amide bonds. The number of carbonyl (C=O) groups is 2. The molecule has 3 rings (SSSR count). The fourth-order valence-corrected chi connectivity index (χ4v) is 4.02. The first-order chi connectivity index (χ1) is 14.1. The van der Waals surface area contributed by atoms with E-state index in [9.17, 15) is 23.1 Å². The molecule has 30 heavy (non-hydrogen) atoms. The van der Waals surface area contributed by atoms with E-state index < -0.39 is 39.4 Å². The quantitative estimate of drug-likeness (QED) is 0.488. The minimum atomic E-state index is -3.62. The van der Waals surface area contributed by atoms with Crippen LogP contribution in [0.3, 0.4) is 0 Å². The molecule has 0 saturated heterocycles. The number of aliphatic hydroxyl groups is 1. The standard InChI is InChI=1S/C21H21ClN2O5S/c1-30(28,29)12-19(25)20(26)17(9-13-5-3-2-4-6-13)24-21(27)18-11-14-10-15(22)7-8-16(14)23-18/h2-8,10-11,17,20,23,26H,9,12H2,1H3,(H,24,27). The second-order valence-electron chi connectivity index (χ2n) is 7.17. The van der Waals surface area contributed by atoms with Gasteiger partial charge >= 0.3 is 0 Å². The molecule has 0 saturated carbocycles. The molecule has 158 valence electrons. The van der Waals surface area contributed by atoms with Crippen LogP contribution in [0.25, 0.3) is 10.9 Å². The Balaban J connectivity index is 1.84. The second kappa shape index (κ2) is 8.99. The molecule has 2 aromatic carbocycles. The molecule has 0 bridgehead atoms. The number of ketones is 1. The van der Waals surface area contributed by atoms with Crippen LogP contribution < -0.4 is 5.32 Å². The average molecular weight is 449 g/mol. The van der Waals surface area contributed by atoms with E-state index in [-0.39, 0.29) is 12.1 Å². The summed E-state index contributed by atoms with van der Waals surface area (Å²) in [7, 11) is -3.62. The van der Waals surface area contributed by atoms with Gasteiger partial charge in [-0.05, 0) is 36.2 Å². The normalized spacial score (nSPS) is 13.7. The van der Waals surface area contributed by atoms with Crippen molar-refractivity contribution < 1.29 is 23.1 Å². The molecule has 0 aliphatic carbocycles. The summed E-state index contributed by atoms with van der Waals surface area (Å²) in [6.45, 7) is 0. The van der Waals surface area contributed by atoms with Gasteiger partial charge in [0.05, 0.1) is 6.04 Å². The Kier molecular flexibility index (Phi) is 6.60. The summed E-state index contributed by atoms with van der Waals surface area (Å²) in [6, 6.07) is 14.7. The Bertz CT molecular complexity index is 1170. The molecule has 1 heterocycles. The first kappa shape index (κ1) is 22.0. The average Bonchev–Trinajstić information content (AvgIpc) is 3.09. The van der Waals surface area contributed by atoms with E-state index in [1.54, 1.807) is 48.5 Å². The number of halogens is 1.